The molecule has 1 amide bonds. The number of aldehydes is 1. The minimum Gasteiger partial charge on any atom is -0.346 e. The van der Waals surface area contributed by atoms with Crippen LogP contribution in [0.25, 0.3) is 0 Å². The molecule has 0 saturated carbocycles. The molecule has 2 aliphatic rings. The van der Waals surface area contributed by atoms with Crippen molar-refractivity contribution in [3.05, 3.63) is 83.1 Å². The van der Waals surface area contributed by atoms with Gasteiger partial charge in [0.05, 0.1) is 0 Å². The second-order valence-electron chi connectivity index (χ2n) is 9.46. The van der Waals surface area contributed by atoms with Crippen molar-refractivity contribution in [2.24, 2.45) is 4.99 Å². The molecule has 6 heteroatoms. The van der Waals surface area contributed by atoms with E-state index in [0.717, 1.165) is 41.9 Å². The molecule has 0 spiro atoms. The highest BCUT2D eigenvalue weighted by Crippen LogP contribution is 2.30. The summed E-state index contributed by atoms with van der Waals surface area (Å²) in [5, 5.41) is 0. The fraction of sp³-hybridized carbons (Fsp3) is 0.472. The Labute approximate surface area is 262 Å². The molecule has 2 heterocycles. The number of anilines is 2. The third-order valence-corrected chi connectivity index (χ3v) is 6.88. The summed E-state index contributed by atoms with van der Waals surface area (Å²) in [5.41, 5.74) is 7.67. The molecule has 2 aliphatic heterocycles. The molecular weight excluding hydrogens is 538 g/mol. The van der Waals surface area contributed by atoms with Gasteiger partial charge in [0.1, 0.15) is 5.71 Å². The number of piperidine rings is 1. The van der Waals surface area contributed by atoms with Crippen molar-refractivity contribution in [2.45, 2.75) is 87.0 Å². The summed E-state index contributed by atoms with van der Waals surface area (Å²) in [6.45, 7) is 19.8. The fourth-order valence-electron chi connectivity index (χ4n) is 4.73. The molecule has 0 N–H and O–H groups in total. The van der Waals surface area contributed by atoms with Crippen LogP contribution < -0.4 is 9.80 Å². The number of carbonyl (C=O) groups is 2. The number of hydrogen-bond acceptors (Lipinski definition) is 5. The highest BCUT2D eigenvalue weighted by molar-refractivity contribution is 7.79. The van der Waals surface area contributed by atoms with Gasteiger partial charge in [0, 0.05) is 42.8 Å². The summed E-state index contributed by atoms with van der Waals surface area (Å²) in [4.78, 5) is 31.9. The van der Waals surface area contributed by atoms with Crippen LogP contribution in [0.5, 0.6) is 0 Å². The molecule has 2 aromatic rings. The van der Waals surface area contributed by atoms with Crippen molar-refractivity contribution in [1.29, 1.82) is 0 Å². The first-order valence-corrected chi connectivity index (χ1v) is 16.3. The van der Waals surface area contributed by atoms with Crippen molar-refractivity contribution >= 4 is 41.9 Å². The van der Waals surface area contributed by atoms with Gasteiger partial charge in [-0.3, -0.25) is 14.6 Å². The van der Waals surface area contributed by atoms with Crippen molar-refractivity contribution < 1.29 is 9.59 Å². The van der Waals surface area contributed by atoms with Gasteiger partial charge < -0.3 is 9.80 Å². The summed E-state index contributed by atoms with van der Waals surface area (Å²) < 4.78 is 0. The highest BCUT2D eigenvalue weighted by Gasteiger charge is 2.27. The van der Waals surface area contributed by atoms with Crippen LogP contribution in [0.2, 0.25) is 0 Å². The fourth-order valence-corrected chi connectivity index (χ4v) is 4.73. The Morgan fingerprint density at radius 1 is 0.881 bits per heavy atom. The minimum absolute atomic E-state index is 0.0654. The number of hydrogen-bond donors (Lipinski definition) is 1. The second kappa shape index (κ2) is 22.5. The maximum Gasteiger partial charge on any atom is 0.254 e. The number of aryl methyl sites for hydroxylation is 2. The Bertz CT molecular complexity index is 1140. The molecule has 2 aromatic carbocycles. The van der Waals surface area contributed by atoms with Crippen molar-refractivity contribution in [2.75, 3.05) is 36.2 Å². The molecule has 0 aromatic heterocycles. The van der Waals surface area contributed by atoms with Gasteiger partial charge in [-0.1, -0.05) is 77.4 Å². The number of nitrogens with zero attached hydrogens (tertiary/aromatic N) is 3. The van der Waals surface area contributed by atoms with Gasteiger partial charge in [0.2, 0.25) is 0 Å². The van der Waals surface area contributed by atoms with Crippen LogP contribution in [-0.2, 0) is 16.0 Å². The third-order valence-electron chi connectivity index (χ3n) is 6.88. The Morgan fingerprint density at radius 3 is 1.90 bits per heavy atom. The first-order valence-electron chi connectivity index (χ1n) is 15.4. The number of amides is 1. The lowest BCUT2D eigenvalue weighted by molar-refractivity contribution is -0.115. The van der Waals surface area contributed by atoms with Gasteiger partial charge in [0.25, 0.3) is 5.91 Å². The average Bonchev–Trinajstić information content (AvgIpc) is 3.05. The molecule has 0 bridgehead atoms. The van der Waals surface area contributed by atoms with E-state index in [1.807, 2.05) is 39.8 Å². The van der Waals surface area contributed by atoms with Crippen LogP contribution in [0.1, 0.15) is 84.8 Å². The van der Waals surface area contributed by atoms with Crippen molar-refractivity contribution in [3.63, 3.8) is 0 Å². The molecule has 4 rings (SSSR count). The number of rotatable bonds is 6. The largest absolute Gasteiger partial charge is 0.346 e. The van der Waals surface area contributed by atoms with E-state index in [4.69, 9.17) is 0 Å². The monoisotopic (exact) mass is 593 g/mol. The topological polar surface area (TPSA) is 53.0 Å². The predicted molar refractivity (Wildman–Crippen MR) is 189 cm³/mol. The average molecular weight is 594 g/mol. The summed E-state index contributed by atoms with van der Waals surface area (Å²) >= 11 is 3.53. The first kappa shape index (κ1) is 38.9. The molecule has 0 atom stereocenters. The van der Waals surface area contributed by atoms with Gasteiger partial charge in [-0.25, -0.2) is 0 Å². The third kappa shape index (κ3) is 11.6. The Hall–Kier alpha value is -3.12. The van der Waals surface area contributed by atoms with Crippen LogP contribution in [-0.4, -0.2) is 44.3 Å². The van der Waals surface area contributed by atoms with Crippen molar-refractivity contribution in [1.82, 2.24) is 0 Å². The quantitative estimate of drug-likeness (QED) is 0.206. The Balaban J connectivity index is 0.000000876. The summed E-state index contributed by atoms with van der Waals surface area (Å²) in [7, 11) is 1.58. The summed E-state index contributed by atoms with van der Waals surface area (Å²) in [5.74, 6) is -0.0654. The van der Waals surface area contributed by atoms with Gasteiger partial charge in [-0.15, -0.1) is 0 Å². The molecule has 232 valence electrons. The Kier molecular flexibility index (Phi) is 20.8. The lowest BCUT2D eigenvalue weighted by atomic mass is 9.96. The van der Waals surface area contributed by atoms with E-state index in [1.165, 1.54) is 36.8 Å². The molecule has 0 aliphatic carbocycles. The SMILES string of the molecule is C=C1CCCCN1c1ccc(N2CCC(C(C=O)=NC)=C(C)C2=O)cc1.CC.CC.CCCc1ccc(C)cc1.CS. The van der Waals surface area contributed by atoms with Crippen molar-refractivity contribution in [3.8, 4) is 0 Å². The normalized spacial score (nSPS) is 14.7. The standard InChI is InChI=1S/C21H25N3O2.C10H14.2C2H6.CH4S/c1-15-6-4-5-12-23(15)17-7-9-18(10-8-17)24-13-11-19(16(2)21(24)26)20(14-25)22-3;1-3-4-10-7-5-9(2)6-8-10;3*1-2/h7-10,14H,1,4-6,11-13H2,2-3H3;5-8H,3-4H2,1-2H3;2*1-2H3;2H,1H3. The van der Waals surface area contributed by atoms with Crippen LogP contribution in [0.3, 0.4) is 0 Å². The molecule has 1 fully saturated rings. The van der Waals surface area contributed by atoms with E-state index < -0.39 is 0 Å². The molecule has 0 unspecified atom stereocenters. The number of thiol groups is 1. The number of aliphatic imine (C=N–C) groups is 1. The zero-order chi connectivity index (χ0) is 32.1. The minimum atomic E-state index is -0.0654. The highest BCUT2D eigenvalue weighted by atomic mass is 32.1. The van der Waals surface area contributed by atoms with E-state index >= 15 is 0 Å². The number of allylic oxidation sites excluding steroid dienone is 1. The lowest BCUT2D eigenvalue weighted by Crippen LogP contribution is -2.38. The maximum atomic E-state index is 12.8. The Morgan fingerprint density at radius 2 is 1.43 bits per heavy atom. The predicted octanol–water partition coefficient (Wildman–Crippen LogP) is 9.06. The number of benzene rings is 2. The van der Waals surface area contributed by atoms with Crippen LogP contribution in [0.4, 0.5) is 11.4 Å². The van der Waals surface area contributed by atoms with Crippen LogP contribution >= 0.6 is 12.6 Å². The molecule has 5 nitrogen and oxygen atoms in total. The van der Waals surface area contributed by atoms with Gasteiger partial charge in [-0.05, 0) is 87.6 Å². The molecule has 1 saturated heterocycles. The number of carbonyl (C=O) groups excluding carboxylic acids is 2. The molecule has 0 radical (unpaired) electrons. The van der Waals surface area contributed by atoms with E-state index in [0.29, 0.717) is 24.3 Å². The van der Waals surface area contributed by atoms with Crippen LogP contribution in [0.15, 0.2) is 76.9 Å². The van der Waals surface area contributed by atoms with Gasteiger partial charge >= 0.3 is 0 Å². The van der Waals surface area contributed by atoms with E-state index in [-0.39, 0.29) is 5.91 Å². The van der Waals surface area contributed by atoms with E-state index in [2.05, 4.69) is 79.3 Å². The summed E-state index contributed by atoms with van der Waals surface area (Å²) in [6, 6.07) is 16.8. The first-order chi connectivity index (χ1) is 20.4. The van der Waals surface area contributed by atoms with Gasteiger partial charge in [-0.2, -0.15) is 12.6 Å². The second-order valence-corrected chi connectivity index (χ2v) is 9.46. The molecule has 42 heavy (non-hydrogen) atoms. The van der Waals surface area contributed by atoms with Crippen LogP contribution in [0, 0.1) is 6.92 Å². The van der Waals surface area contributed by atoms with Gasteiger partial charge in [0.15, 0.2) is 6.29 Å². The van der Waals surface area contributed by atoms with E-state index in [9.17, 15) is 9.59 Å². The van der Waals surface area contributed by atoms with E-state index in [1.54, 1.807) is 25.1 Å². The molecular formula is C36H55N3O2S. The summed E-state index contributed by atoms with van der Waals surface area (Å²) in [6.07, 6.45) is 8.92. The smallest absolute Gasteiger partial charge is 0.254 e. The lowest BCUT2D eigenvalue weighted by Gasteiger charge is -2.32. The zero-order valence-electron chi connectivity index (χ0n) is 27.7. The zero-order valence-corrected chi connectivity index (χ0v) is 28.6. The maximum absolute atomic E-state index is 12.8.